The first-order valence-electron chi connectivity index (χ1n) is 8.47. The lowest BCUT2D eigenvalue weighted by atomic mass is 10.1. The Morgan fingerprint density at radius 3 is 2.81 bits per heavy atom. The van der Waals surface area contributed by atoms with Crippen LogP contribution in [0.3, 0.4) is 0 Å². The summed E-state index contributed by atoms with van der Waals surface area (Å²) in [7, 11) is 0. The van der Waals surface area contributed by atoms with Crippen LogP contribution in [0.4, 0.5) is 10.3 Å². The largest absolute Gasteiger partial charge is 0.452 e. The van der Waals surface area contributed by atoms with E-state index in [-0.39, 0.29) is 18.7 Å². The average molecular weight is 376 g/mol. The van der Waals surface area contributed by atoms with E-state index in [0.717, 1.165) is 37.0 Å². The molecule has 0 bridgehead atoms. The van der Waals surface area contributed by atoms with E-state index < -0.39 is 0 Å². The minimum atomic E-state index is -0.137. The molecule has 0 saturated carbocycles. The van der Waals surface area contributed by atoms with Crippen LogP contribution >= 0.6 is 11.3 Å². The number of pyridine rings is 1. The minimum Gasteiger partial charge on any atom is -0.452 e. The zero-order chi connectivity index (χ0) is 18.1. The summed E-state index contributed by atoms with van der Waals surface area (Å²) in [6.45, 7) is 7.35. The molecule has 1 unspecified atom stereocenters. The summed E-state index contributed by atoms with van der Waals surface area (Å²) in [5.41, 5.74) is 0.978. The summed E-state index contributed by atoms with van der Waals surface area (Å²) < 4.78 is 10.7. The molecule has 1 amide bonds. The van der Waals surface area contributed by atoms with Gasteiger partial charge < -0.3 is 19.7 Å². The topological polar surface area (TPSA) is 92.7 Å². The quantitative estimate of drug-likeness (QED) is 0.858. The number of fused-ring (bicyclic) bond motifs is 1. The number of hydrogen-bond donors (Lipinski definition) is 1. The lowest BCUT2D eigenvalue weighted by Crippen LogP contribution is -2.47. The van der Waals surface area contributed by atoms with E-state index >= 15 is 0 Å². The molecule has 26 heavy (non-hydrogen) atoms. The summed E-state index contributed by atoms with van der Waals surface area (Å²) in [6.07, 6.45) is 0. The molecular weight excluding hydrogens is 356 g/mol. The molecule has 10 heteroatoms. The van der Waals surface area contributed by atoms with Crippen molar-refractivity contribution in [3.63, 3.8) is 0 Å². The van der Waals surface area contributed by atoms with Crippen LogP contribution in [-0.4, -0.2) is 59.0 Å². The maximum absolute atomic E-state index is 11.1. The number of carbonyl (C=O) groups is 1. The molecule has 0 aromatic carbocycles. The van der Waals surface area contributed by atoms with Gasteiger partial charge in [-0.15, -0.1) is 10.2 Å². The van der Waals surface area contributed by atoms with Crippen molar-refractivity contribution in [1.29, 1.82) is 0 Å². The highest BCUT2D eigenvalue weighted by atomic mass is 32.1. The molecule has 2 aliphatic rings. The summed E-state index contributed by atoms with van der Waals surface area (Å²) in [6, 6.07) is 4.10. The van der Waals surface area contributed by atoms with Crippen LogP contribution in [0.15, 0.2) is 12.1 Å². The van der Waals surface area contributed by atoms with E-state index in [1.165, 1.54) is 18.3 Å². The second kappa shape index (κ2) is 7.04. The first-order valence-corrected chi connectivity index (χ1v) is 9.28. The average Bonchev–Trinajstić information content (AvgIpc) is 3.29. The third-order valence-corrected chi connectivity index (χ3v) is 5.41. The van der Waals surface area contributed by atoms with Crippen LogP contribution in [-0.2, 0) is 4.79 Å². The van der Waals surface area contributed by atoms with Gasteiger partial charge in [0.1, 0.15) is 0 Å². The van der Waals surface area contributed by atoms with Crippen LogP contribution in [0.2, 0.25) is 0 Å². The van der Waals surface area contributed by atoms with Crippen molar-refractivity contribution in [2.45, 2.75) is 19.9 Å². The molecule has 1 fully saturated rings. The Morgan fingerprint density at radius 2 is 2.04 bits per heavy atom. The number of aromatic nitrogens is 3. The molecule has 9 nitrogen and oxygen atoms in total. The maximum Gasteiger partial charge on any atom is 0.260 e. The number of amides is 1. The molecule has 1 atom stereocenters. The lowest BCUT2D eigenvalue weighted by molar-refractivity contribution is -0.114. The van der Waals surface area contributed by atoms with Gasteiger partial charge in [-0.3, -0.25) is 9.69 Å². The smallest absolute Gasteiger partial charge is 0.260 e. The van der Waals surface area contributed by atoms with Crippen molar-refractivity contribution >= 4 is 27.5 Å². The highest BCUT2D eigenvalue weighted by Gasteiger charge is 2.26. The van der Waals surface area contributed by atoms with Crippen molar-refractivity contribution in [2.24, 2.45) is 0 Å². The number of hydrogen-bond acceptors (Lipinski definition) is 9. The fourth-order valence-corrected chi connectivity index (χ4v) is 3.91. The Labute approximate surface area is 154 Å². The standard InChI is InChI=1S/C16H20N6O3S/c1-10(12-3-4-13-14(18-12)25-9-24-13)21-5-7-22(8-6-21)16-20-19-15(26-16)17-11(2)23/h3-4,10H,5-9H2,1-2H3,(H,17,19,23). The molecule has 1 saturated heterocycles. The van der Waals surface area contributed by atoms with Crippen molar-refractivity contribution in [2.75, 3.05) is 43.2 Å². The Balaban J connectivity index is 1.37. The van der Waals surface area contributed by atoms with E-state index in [0.29, 0.717) is 16.8 Å². The Hall–Kier alpha value is -2.46. The third kappa shape index (κ3) is 3.42. The first-order chi connectivity index (χ1) is 12.6. The number of nitrogens with one attached hydrogen (secondary N) is 1. The van der Waals surface area contributed by atoms with Gasteiger partial charge in [-0.1, -0.05) is 11.3 Å². The van der Waals surface area contributed by atoms with Gasteiger partial charge in [0.15, 0.2) is 5.75 Å². The van der Waals surface area contributed by atoms with E-state index in [1.807, 2.05) is 12.1 Å². The molecule has 0 spiro atoms. The van der Waals surface area contributed by atoms with Gasteiger partial charge in [0, 0.05) is 39.1 Å². The predicted molar refractivity (Wildman–Crippen MR) is 96.8 cm³/mol. The van der Waals surface area contributed by atoms with Crippen LogP contribution in [0, 0.1) is 0 Å². The molecule has 4 rings (SSSR count). The normalized spacial score (nSPS) is 18.0. The van der Waals surface area contributed by atoms with E-state index in [9.17, 15) is 4.79 Å². The fourth-order valence-electron chi connectivity index (χ4n) is 3.07. The highest BCUT2D eigenvalue weighted by molar-refractivity contribution is 7.19. The van der Waals surface area contributed by atoms with Gasteiger partial charge in [0.05, 0.1) is 5.69 Å². The van der Waals surface area contributed by atoms with Gasteiger partial charge >= 0.3 is 0 Å². The van der Waals surface area contributed by atoms with Crippen LogP contribution in [0.5, 0.6) is 11.6 Å². The van der Waals surface area contributed by atoms with Gasteiger partial charge in [-0.25, -0.2) is 4.98 Å². The molecule has 2 aromatic heterocycles. The molecule has 138 valence electrons. The van der Waals surface area contributed by atoms with Crippen LogP contribution in [0.25, 0.3) is 0 Å². The fraction of sp³-hybridized carbons (Fsp3) is 0.500. The molecule has 4 heterocycles. The zero-order valence-electron chi connectivity index (χ0n) is 14.6. The van der Waals surface area contributed by atoms with E-state index in [4.69, 9.17) is 9.47 Å². The molecule has 1 N–H and O–H groups in total. The third-order valence-electron chi connectivity index (χ3n) is 4.51. The van der Waals surface area contributed by atoms with Gasteiger partial charge in [-0.2, -0.15) is 0 Å². The zero-order valence-corrected chi connectivity index (χ0v) is 15.5. The molecule has 2 aliphatic heterocycles. The minimum absolute atomic E-state index is 0.137. The second-order valence-corrected chi connectivity index (χ2v) is 7.17. The lowest BCUT2D eigenvalue weighted by Gasteiger charge is -2.37. The Morgan fingerprint density at radius 1 is 1.23 bits per heavy atom. The predicted octanol–water partition coefficient (Wildman–Crippen LogP) is 1.50. The number of piperazine rings is 1. The number of nitrogens with zero attached hydrogens (tertiary/aromatic N) is 5. The van der Waals surface area contributed by atoms with Crippen molar-refractivity contribution < 1.29 is 14.3 Å². The molecule has 0 aliphatic carbocycles. The van der Waals surface area contributed by atoms with Crippen molar-refractivity contribution in [1.82, 2.24) is 20.1 Å². The van der Waals surface area contributed by atoms with Crippen LogP contribution < -0.4 is 19.7 Å². The molecule has 0 radical (unpaired) electrons. The number of ether oxygens (including phenoxy) is 2. The highest BCUT2D eigenvalue weighted by Crippen LogP contribution is 2.32. The van der Waals surface area contributed by atoms with Gasteiger partial charge in [-0.05, 0) is 19.1 Å². The molecule has 2 aromatic rings. The summed E-state index contributed by atoms with van der Waals surface area (Å²) in [5.74, 6) is 1.15. The van der Waals surface area contributed by atoms with Gasteiger partial charge in [0.25, 0.3) is 5.88 Å². The van der Waals surface area contributed by atoms with Crippen LogP contribution in [0.1, 0.15) is 25.6 Å². The SMILES string of the molecule is CC(=O)Nc1nnc(N2CCN(C(C)c3ccc4c(n3)OCO4)CC2)s1. The number of rotatable bonds is 4. The number of carbonyl (C=O) groups excluding carboxylic acids is 1. The Kier molecular flexibility index (Phi) is 4.60. The summed E-state index contributed by atoms with van der Waals surface area (Å²) in [5, 5.41) is 12.2. The maximum atomic E-state index is 11.1. The number of anilines is 2. The summed E-state index contributed by atoms with van der Waals surface area (Å²) in [4.78, 5) is 20.3. The Bertz CT molecular complexity index is 805. The van der Waals surface area contributed by atoms with Crippen molar-refractivity contribution in [3.8, 4) is 11.6 Å². The monoisotopic (exact) mass is 376 g/mol. The first kappa shape index (κ1) is 17.0. The second-order valence-electron chi connectivity index (χ2n) is 6.22. The van der Waals surface area contributed by atoms with E-state index in [2.05, 4.69) is 37.2 Å². The van der Waals surface area contributed by atoms with E-state index in [1.54, 1.807) is 0 Å². The molecular formula is C16H20N6O3S. The van der Waals surface area contributed by atoms with Gasteiger partial charge in [0.2, 0.25) is 23.0 Å². The van der Waals surface area contributed by atoms with Crippen molar-refractivity contribution in [3.05, 3.63) is 17.8 Å². The summed E-state index contributed by atoms with van der Waals surface area (Å²) >= 11 is 1.40.